The van der Waals surface area contributed by atoms with Crippen molar-refractivity contribution in [3.8, 4) is 11.6 Å². The average Bonchev–Trinajstić information content (AvgIpc) is 3.24. The van der Waals surface area contributed by atoms with Gasteiger partial charge in [0, 0.05) is 23.2 Å². The second kappa shape index (κ2) is 6.14. The first-order valence-electron chi connectivity index (χ1n) is 7.25. The van der Waals surface area contributed by atoms with Gasteiger partial charge in [0.25, 0.3) is 0 Å². The van der Waals surface area contributed by atoms with Crippen LogP contribution < -0.4 is 5.32 Å². The number of tetrazole rings is 1. The second-order valence-corrected chi connectivity index (χ2v) is 5.72. The lowest BCUT2D eigenvalue weighted by molar-refractivity contribution is 0.605. The Morgan fingerprint density at radius 1 is 1.12 bits per heavy atom. The smallest absolute Gasteiger partial charge is 0.239 e. The first kappa shape index (κ1) is 15.5. The zero-order valence-corrected chi connectivity index (χ0v) is 13.3. The van der Waals surface area contributed by atoms with Gasteiger partial charge in [0.2, 0.25) is 5.82 Å². The Bertz CT molecular complexity index is 1050. The SMILES string of the molecule is Fc1cc(NCc2cc3oc(-c4nn[nH]n4)cc3cc2F)ccc1Cl. The second-order valence-electron chi connectivity index (χ2n) is 5.31. The summed E-state index contributed by atoms with van der Waals surface area (Å²) in [6, 6.07) is 8.87. The summed E-state index contributed by atoms with van der Waals surface area (Å²) < 4.78 is 33.4. The third-order valence-electron chi connectivity index (χ3n) is 3.65. The fourth-order valence-electron chi connectivity index (χ4n) is 2.42. The number of anilines is 1. The quantitative estimate of drug-likeness (QED) is 0.570. The highest BCUT2D eigenvalue weighted by molar-refractivity contribution is 6.30. The summed E-state index contributed by atoms with van der Waals surface area (Å²) in [7, 11) is 0. The van der Waals surface area contributed by atoms with E-state index in [1.54, 1.807) is 18.2 Å². The van der Waals surface area contributed by atoms with Gasteiger partial charge in [0.1, 0.15) is 17.2 Å². The molecule has 25 heavy (non-hydrogen) atoms. The Kier molecular flexibility index (Phi) is 3.81. The molecule has 2 aromatic carbocycles. The number of aromatic amines is 1. The Morgan fingerprint density at radius 2 is 2.00 bits per heavy atom. The number of rotatable bonds is 4. The molecule has 0 atom stereocenters. The van der Waals surface area contributed by atoms with Gasteiger partial charge in [-0.25, -0.2) is 8.78 Å². The molecular weight excluding hydrogens is 352 g/mol. The number of halogens is 3. The van der Waals surface area contributed by atoms with Crippen molar-refractivity contribution < 1.29 is 13.2 Å². The maximum Gasteiger partial charge on any atom is 0.239 e. The predicted octanol–water partition coefficient (Wildman–Crippen LogP) is 4.16. The zero-order valence-electron chi connectivity index (χ0n) is 12.6. The van der Waals surface area contributed by atoms with Crippen LogP contribution in [0.1, 0.15) is 5.56 Å². The molecule has 2 heterocycles. The fourth-order valence-corrected chi connectivity index (χ4v) is 2.53. The lowest BCUT2D eigenvalue weighted by Gasteiger charge is -2.08. The van der Waals surface area contributed by atoms with E-state index in [0.29, 0.717) is 28.0 Å². The number of nitrogens with one attached hydrogen (secondary N) is 2. The summed E-state index contributed by atoms with van der Waals surface area (Å²) in [5.74, 6) is -0.283. The Balaban J connectivity index is 1.60. The number of hydrogen-bond acceptors (Lipinski definition) is 5. The van der Waals surface area contributed by atoms with Gasteiger partial charge in [-0.2, -0.15) is 5.21 Å². The summed E-state index contributed by atoms with van der Waals surface area (Å²) in [5, 5.41) is 17.0. The molecule has 0 saturated heterocycles. The minimum Gasteiger partial charge on any atom is -0.453 e. The van der Waals surface area contributed by atoms with Crippen LogP contribution in [0.4, 0.5) is 14.5 Å². The minimum atomic E-state index is -0.543. The molecule has 0 spiro atoms. The van der Waals surface area contributed by atoms with Crippen LogP contribution in [-0.2, 0) is 6.54 Å². The van der Waals surface area contributed by atoms with Crippen molar-refractivity contribution in [3.05, 3.63) is 58.6 Å². The molecule has 0 radical (unpaired) electrons. The molecule has 0 aliphatic carbocycles. The first-order chi connectivity index (χ1) is 12.1. The third kappa shape index (κ3) is 3.03. The van der Waals surface area contributed by atoms with E-state index in [0.717, 1.165) is 0 Å². The molecule has 0 aliphatic rings. The number of hydrogen-bond donors (Lipinski definition) is 2. The summed E-state index contributed by atoms with van der Waals surface area (Å²) in [6.45, 7) is 0.154. The van der Waals surface area contributed by atoms with Crippen molar-refractivity contribution in [2.45, 2.75) is 6.54 Å². The predicted molar refractivity (Wildman–Crippen MR) is 88.1 cm³/mol. The van der Waals surface area contributed by atoms with E-state index < -0.39 is 11.6 Å². The van der Waals surface area contributed by atoms with E-state index in [9.17, 15) is 8.78 Å². The summed E-state index contributed by atoms with van der Waals surface area (Å²) >= 11 is 5.64. The first-order valence-corrected chi connectivity index (χ1v) is 7.62. The summed E-state index contributed by atoms with van der Waals surface area (Å²) in [6.07, 6.45) is 0. The van der Waals surface area contributed by atoms with E-state index in [4.69, 9.17) is 16.0 Å². The molecular formula is C16H10ClF2N5O. The molecule has 2 N–H and O–H groups in total. The van der Waals surface area contributed by atoms with Gasteiger partial charge < -0.3 is 9.73 Å². The van der Waals surface area contributed by atoms with Crippen molar-refractivity contribution >= 4 is 28.3 Å². The third-order valence-corrected chi connectivity index (χ3v) is 3.96. The number of benzene rings is 2. The standard InChI is InChI=1S/C16H10ClF2N5O/c17-11-2-1-10(6-13(11)19)20-7-9-5-14-8(3-12(9)18)4-15(25-14)16-21-23-24-22-16/h1-6,20H,7H2,(H,21,22,23,24). The van der Waals surface area contributed by atoms with Crippen LogP contribution in [0.2, 0.25) is 5.02 Å². The van der Waals surface area contributed by atoms with Crippen LogP contribution in [0.3, 0.4) is 0 Å². The van der Waals surface area contributed by atoms with Crippen molar-refractivity contribution in [2.75, 3.05) is 5.32 Å². The Labute approximate surface area is 144 Å². The number of fused-ring (bicyclic) bond motifs is 1. The maximum absolute atomic E-state index is 14.3. The van der Waals surface area contributed by atoms with E-state index in [2.05, 4.69) is 25.9 Å². The van der Waals surface area contributed by atoms with Crippen LogP contribution in [0.15, 0.2) is 40.8 Å². The number of furan rings is 1. The summed E-state index contributed by atoms with van der Waals surface area (Å²) in [5.41, 5.74) is 1.35. The normalized spacial score (nSPS) is 11.2. The molecule has 2 aromatic heterocycles. The van der Waals surface area contributed by atoms with Crippen LogP contribution in [0, 0.1) is 11.6 Å². The van der Waals surface area contributed by atoms with E-state index in [1.807, 2.05) is 0 Å². The van der Waals surface area contributed by atoms with Crippen LogP contribution in [-0.4, -0.2) is 20.6 Å². The zero-order chi connectivity index (χ0) is 17.4. The van der Waals surface area contributed by atoms with Crippen molar-refractivity contribution in [3.63, 3.8) is 0 Å². The van der Waals surface area contributed by atoms with Crippen LogP contribution in [0.5, 0.6) is 0 Å². The number of aromatic nitrogens is 4. The molecule has 0 saturated carbocycles. The van der Waals surface area contributed by atoms with E-state index >= 15 is 0 Å². The molecule has 4 rings (SSSR count). The lowest BCUT2D eigenvalue weighted by Crippen LogP contribution is -2.02. The Hall–Kier alpha value is -3.00. The molecule has 126 valence electrons. The van der Waals surface area contributed by atoms with E-state index in [-0.39, 0.29) is 17.4 Å². The topological polar surface area (TPSA) is 79.6 Å². The van der Waals surface area contributed by atoms with Crippen molar-refractivity contribution in [1.82, 2.24) is 20.6 Å². The fraction of sp³-hybridized carbons (Fsp3) is 0.0625. The minimum absolute atomic E-state index is 0.0303. The van der Waals surface area contributed by atoms with E-state index in [1.165, 1.54) is 18.2 Å². The molecule has 0 aliphatic heterocycles. The lowest BCUT2D eigenvalue weighted by atomic mass is 10.1. The van der Waals surface area contributed by atoms with Gasteiger partial charge in [0.05, 0.1) is 5.02 Å². The monoisotopic (exact) mass is 361 g/mol. The molecule has 0 fully saturated rings. The number of nitrogens with zero attached hydrogens (tertiary/aromatic N) is 3. The molecule has 6 nitrogen and oxygen atoms in total. The highest BCUT2D eigenvalue weighted by Crippen LogP contribution is 2.28. The van der Waals surface area contributed by atoms with Crippen LogP contribution in [0.25, 0.3) is 22.6 Å². The maximum atomic E-state index is 14.3. The van der Waals surface area contributed by atoms with Crippen molar-refractivity contribution in [1.29, 1.82) is 0 Å². The molecule has 9 heteroatoms. The largest absolute Gasteiger partial charge is 0.453 e. The van der Waals surface area contributed by atoms with Crippen LogP contribution >= 0.6 is 11.6 Å². The highest BCUT2D eigenvalue weighted by atomic mass is 35.5. The highest BCUT2D eigenvalue weighted by Gasteiger charge is 2.13. The number of H-pyrrole nitrogens is 1. The van der Waals surface area contributed by atoms with Crippen molar-refractivity contribution in [2.24, 2.45) is 0 Å². The molecule has 4 aromatic rings. The van der Waals surface area contributed by atoms with Gasteiger partial charge in [-0.05, 0) is 41.6 Å². The van der Waals surface area contributed by atoms with Gasteiger partial charge in [-0.1, -0.05) is 11.6 Å². The van der Waals surface area contributed by atoms with Gasteiger partial charge in [-0.3, -0.25) is 0 Å². The molecule has 0 unspecified atom stereocenters. The van der Waals surface area contributed by atoms with Gasteiger partial charge in [-0.15, -0.1) is 10.2 Å². The summed E-state index contributed by atoms with van der Waals surface area (Å²) in [4.78, 5) is 0. The molecule has 0 bridgehead atoms. The average molecular weight is 362 g/mol. The van der Waals surface area contributed by atoms with Gasteiger partial charge in [0.15, 0.2) is 5.76 Å². The Morgan fingerprint density at radius 3 is 2.76 bits per heavy atom. The van der Waals surface area contributed by atoms with Gasteiger partial charge >= 0.3 is 0 Å². The molecule has 0 amide bonds.